The predicted octanol–water partition coefficient (Wildman–Crippen LogP) is 2.63. The summed E-state index contributed by atoms with van der Waals surface area (Å²) >= 11 is 0. The molecule has 0 saturated heterocycles. The van der Waals surface area contributed by atoms with Crippen LogP contribution in [0.2, 0.25) is 0 Å². The number of rotatable bonds is 3. The van der Waals surface area contributed by atoms with E-state index in [1.807, 2.05) is 38.1 Å². The second-order valence-electron chi connectivity index (χ2n) is 3.41. The van der Waals surface area contributed by atoms with Gasteiger partial charge in [-0.05, 0) is 38.1 Å². The number of nitrogen functional groups attached to an aromatic ring is 1. The van der Waals surface area contributed by atoms with E-state index in [1.165, 1.54) is 0 Å². The minimum Gasteiger partial charge on any atom is -0.494 e. The number of aromatic nitrogens is 1. The van der Waals surface area contributed by atoms with Gasteiger partial charge in [-0.2, -0.15) is 4.98 Å². The van der Waals surface area contributed by atoms with E-state index in [1.54, 1.807) is 0 Å². The van der Waals surface area contributed by atoms with E-state index in [2.05, 4.69) is 4.98 Å². The summed E-state index contributed by atoms with van der Waals surface area (Å²) in [7, 11) is 0. The van der Waals surface area contributed by atoms with Gasteiger partial charge < -0.3 is 14.9 Å². The largest absolute Gasteiger partial charge is 0.494 e. The van der Waals surface area contributed by atoms with Gasteiger partial charge in [-0.25, -0.2) is 0 Å². The predicted molar refractivity (Wildman–Crippen MR) is 62.3 cm³/mol. The van der Waals surface area contributed by atoms with Gasteiger partial charge in [0.25, 0.3) is 6.01 Å². The van der Waals surface area contributed by atoms with Crippen LogP contribution in [0.25, 0.3) is 11.3 Å². The molecule has 2 rings (SSSR count). The van der Waals surface area contributed by atoms with Crippen LogP contribution in [0.3, 0.4) is 0 Å². The molecule has 0 aliphatic carbocycles. The first-order valence-electron chi connectivity index (χ1n) is 5.17. The zero-order valence-electron chi connectivity index (χ0n) is 9.36. The maximum atomic E-state index is 5.49. The van der Waals surface area contributed by atoms with Gasteiger partial charge in [-0.15, -0.1) is 0 Å². The molecule has 2 aromatic rings. The molecule has 0 atom stereocenters. The van der Waals surface area contributed by atoms with Crippen LogP contribution in [0.5, 0.6) is 5.75 Å². The summed E-state index contributed by atoms with van der Waals surface area (Å²) in [4.78, 5) is 4.13. The van der Waals surface area contributed by atoms with Crippen molar-refractivity contribution in [3.63, 3.8) is 0 Å². The average molecular weight is 218 g/mol. The van der Waals surface area contributed by atoms with Crippen LogP contribution in [0.1, 0.15) is 12.7 Å². The molecule has 0 unspecified atom stereocenters. The Balaban J connectivity index is 2.31. The lowest BCUT2D eigenvalue weighted by atomic mass is 10.1. The van der Waals surface area contributed by atoms with Crippen molar-refractivity contribution >= 4 is 6.01 Å². The first kappa shape index (κ1) is 10.5. The molecule has 16 heavy (non-hydrogen) atoms. The Morgan fingerprint density at radius 1 is 1.31 bits per heavy atom. The van der Waals surface area contributed by atoms with Crippen LogP contribution in [0.4, 0.5) is 6.01 Å². The fourth-order valence-corrected chi connectivity index (χ4v) is 1.56. The molecular weight excluding hydrogens is 204 g/mol. The van der Waals surface area contributed by atoms with E-state index in [4.69, 9.17) is 14.9 Å². The Morgan fingerprint density at radius 3 is 2.50 bits per heavy atom. The highest BCUT2D eigenvalue weighted by Gasteiger charge is 2.09. The molecule has 1 aromatic carbocycles. The van der Waals surface area contributed by atoms with Gasteiger partial charge in [-0.1, -0.05) is 0 Å². The Hall–Kier alpha value is -1.97. The molecule has 0 fully saturated rings. The van der Waals surface area contributed by atoms with Crippen LogP contribution in [0, 0.1) is 6.92 Å². The van der Waals surface area contributed by atoms with Crippen molar-refractivity contribution in [2.75, 3.05) is 12.3 Å². The minimum absolute atomic E-state index is 0.196. The van der Waals surface area contributed by atoms with E-state index in [0.29, 0.717) is 6.61 Å². The summed E-state index contributed by atoms with van der Waals surface area (Å²) in [6, 6.07) is 7.89. The van der Waals surface area contributed by atoms with Gasteiger partial charge in [0, 0.05) is 5.56 Å². The molecule has 0 aliphatic rings. The molecule has 0 bridgehead atoms. The van der Waals surface area contributed by atoms with E-state index < -0.39 is 0 Å². The monoisotopic (exact) mass is 218 g/mol. The quantitative estimate of drug-likeness (QED) is 0.860. The van der Waals surface area contributed by atoms with E-state index in [0.717, 1.165) is 22.8 Å². The summed E-state index contributed by atoms with van der Waals surface area (Å²) in [6.45, 7) is 4.46. The number of aryl methyl sites for hydroxylation is 1. The van der Waals surface area contributed by atoms with Crippen molar-refractivity contribution in [3.05, 3.63) is 30.0 Å². The van der Waals surface area contributed by atoms with Crippen molar-refractivity contribution in [2.24, 2.45) is 0 Å². The molecule has 1 aromatic heterocycles. The zero-order chi connectivity index (χ0) is 11.5. The van der Waals surface area contributed by atoms with Gasteiger partial charge in [0.1, 0.15) is 17.2 Å². The van der Waals surface area contributed by atoms with Crippen LogP contribution >= 0.6 is 0 Å². The standard InChI is InChI=1S/C12H14N2O2/c1-3-15-10-6-4-9(5-7-10)11-8(2)16-12(13)14-11/h4-7H,3H2,1-2H3,(H2,13,14). The summed E-state index contributed by atoms with van der Waals surface area (Å²) in [5.41, 5.74) is 7.24. The topological polar surface area (TPSA) is 61.3 Å². The lowest BCUT2D eigenvalue weighted by Crippen LogP contribution is -1.91. The highest BCUT2D eigenvalue weighted by molar-refractivity contribution is 5.63. The fraction of sp³-hybridized carbons (Fsp3) is 0.250. The third kappa shape index (κ3) is 2.00. The number of oxazole rings is 1. The second kappa shape index (κ2) is 4.26. The molecule has 0 radical (unpaired) electrons. The summed E-state index contributed by atoms with van der Waals surface area (Å²) < 4.78 is 10.5. The van der Waals surface area contributed by atoms with Crippen molar-refractivity contribution in [3.8, 4) is 17.0 Å². The fourth-order valence-electron chi connectivity index (χ4n) is 1.56. The summed E-state index contributed by atoms with van der Waals surface area (Å²) in [6.07, 6.45) is 0. The zero-order valence-corrected chi connectivity index (χ0v) is 9.36. The number of benzene rings is 1. The Labute approximate surface area is 94.1 Å². The molecule has 84 valence electrons. The van der Waals surface area contributed by atoms with Crippen LogP contribution < -0.4 is 10.5 Å². The number of ether oxygens (including phenoxy) is 1. The number of nitrogens with zero attached hydrogens (tertiary/aromatic N) is 1. The van der Waals surface area contributed by atoms with Crippen molar-refractivity contribution < 1.29 is 9.15 Å². The lowest BCUT2D eigenvalue weighted by molar-refractivity contribution is 0.340. The normalized spacial score (nSPS) is 10.4. The number of anilines is 1. The molecule has 0 aliphatic heterocycles. The molecule has 2 N–H and O–H groups in total. The van der Waals surface area contributed by atoms with Crippen molar-refractivity contribution in [1.29, 1.82) is 0 Å². The smallest absolute Gasteiger partial charge is 0.292 e. The van der Waals surface area contributed by atoms with Gasteiger partial charge in [0.15, 0.2) is 0 Å². The highest BCUT2D eigenvalue weighted by atomic mass is 16.5. The van der Waals surface area contributed by atoms with Gasteiger partial charge >= 0.3 is 0 Å². The third-order valence-corrected chi connectivity index (χ3v) is 2.25. The van der Waals surface area contributed by atoms with E-state index in [-0.39, 0.29) is 6.01 Å². The van der Waals surface area contributed by atoms with Crippen molar-refractivity contribution in [1.82, 2.24) is 4.98 Å². The number of nitrogens with two attached hydrogens (primary N) is 1. The Kier molecular flexibility index (Phi) is 2.81. The summed E-state index contributed by atoms with van der Waals surface area (Å²) in [5, 5.41) is 0. The van der Waals surface area contributed by atoms with Gasteiger partial charge in [-0.3, -0.25) is 0 Å². The number of hydrogen-bond donors (Lipinski definition) is 1. The van der Waals surface area contributed by atoms with Crippen molar-refractivity contribution in [2.45, 2.75) is 13.8 Å². The molecule has 0 amide bonds. The van der Waals surface area contributed by atoms with Gasteiger partial charge in [0.05, 0.1) is 6.61 Å². The Morgan fingerprint density at radius 2 is 2.00 bits per heavy atom. The SMILES string of the molecule is CCOc1ccc(-c2nc(N)oc2C)cc1. The van der Waals surface area contributed by atoms with Crippen LogP contribution in [-0.4, -0.2) is 11.6 Å². The van der Waals surface area contributed by atoms with E-state index >= 15 is 0 Å². The lowest BCUT2D eigenvalue weighted by Gasteiger charge is -2.03. The minimum atomic E-state index is 0.196. The first-order valence-corrected chi connectivity index (χ1v) is 5.17. The molecule has 1 heterocycles. The Bertz CT molecular complexity index is 474. The van der Waals surface area contributed by atoms with Gasteiger partial charge in [0.2, 0.25) is 0 Å². The highest BCUT2D eigenvalue weighted by Crippen LogP contribution is 2.25. The first-order chi connectivity index (χ1) is 7.70. The molecule has 0 saturated carbocycles. The molecule has 4 heteroatoms. The maximum absolute atomic E-state index is 5.49. The summed E-state index contributed by atoms with van der Waals surface area (Å²) in [5.74, 6) is 1.57. The molecule has 0 spiro atoms. The second-order valence-corrected chi connectivity index (χ2v) is 3.41. The van der Waals surface area contributed by atoms with E-state index in [9.17, 15) is 0 Å². The van der Waals surface area contributed by atoms with Crippen LogP contribution in [0.15, 0.2) is 28.7 Å². The molecular formula is C12H14N2O2. The molecule has 4 nitrogen and oxygen atoms in total. The number of hydrogen-bond acceptors (Lipinski definition) is 4. The maximum Gasteiger partial charge on any atom is 0.292 e. The average Bonchev–Trinajstić information content (AvgIpc) is 2.59. The third-order valence-electron chi connectivity index (χ3n) is 2.25. The van der Waals surface area contributed by atoms with Crippen LogP contribution in [-0.2, 0) is 0 Å².